The minimum absolute atomic E-state index is 0.384. The zero-order valence-electron chi connectivity index (χ0n) is 18.2. The van der Waals surface area contributed by atoms with Crippen LogP contribution in [0.2, 0.25) is 0 Å². The molecule has 5 heteroatoms. The lowest BCUT2D eigenvalue weighted by molar-refractivity contribution is 0.304. The molecule has 4 nitrogen and oxygen atoms in total. The maximum absolute atomic E-state index is 13.5. The Bertz CT molecular complexity index is 927. The summed E-state index contributed by atoms with van der Waals surface area (Å²) in [6.07, 6.45) is 13.7. The van der Waals surface area contributed by atoms with Gasteiger partial charge in [0.1, 0.15) is 5.75 Å². The Morgan fingerprint density at radius 1 is 0.774 bits per heavy atom. The van der Waals surface area contributed by atoms with Crippen molar-refractivity contribution >= 4 is 0 Å². The Morgan fingerprint density at radius 3 is 2.03 bits per heavy atom. The summed E-state index contributed by atoms with van der Waals surface area (Å²) < 4.78 is 19.4. The van der Waals surface area contributed by atoms with Crippen LogP contribution in [0.4, 0.5) is 4.39 Å². The summed E-state index contributed by atoms with van der Waals surface area (Å²) in [4.78, 5) is 8.66. The van der Waals surface area contributed by atoms with E-state index in [2.05, 4.69) is 16.9 Å². The Balaban J connectivity index is 1.45. The molecule has 0 atom stereocenters. The molecule has 1 N–H and O–H groups in total. The van der Waals surface area contributed by atoms with Gasteiger partial charge in [0.2, 0.25) is 0 Å². The van der Waals surface area contributed by atoms with Crippen LogP contribution in [-0.4, -0.2) is 21.7 Å². The minimum atomic E-state index is -0.687. The number of halogens is 1. The van der Waals surface area contributed by atoms with E-state index in [1.807, 2.05) is 24.3 Å². The average Bonchev–Trinajstić information content (AvgIpc) is 2.80. The van der Waals surface area contributed by atoms with Crippen LogP contribution in [0.3, 0.4) is 0 Å². The third kappa shape index (κ3) is 7.06. The molecule has 31 heavy (non-hydrogen) atoms. The molecule has 0 saturated carbocycles. The zero-order chi connectivity index (χ0) is 21.9. The van der Waals surface area contributed by atoms with E-state index in [1.54, 1.807) is 18.5 Å². The van der Waals surface area contributed by atoms with Gasteiger partial charge in [0.15, 0.2) is 17.4 Å². The number of hydrogen-bond donors (Lipinski definition) is 1. The number of unbranched alkanes of at least 4 members (excludes halogenated alkanes) is 7. The molecule has 0 bridgehead atoms. The van der Waals surface area contributed by atoms with E-state index in [1.165, 1.54) is 57.1 Å². The largest absolute Gasteiger partial charge is 0.505 e. The SMILES string of the molecule is CCCCCCCCCCOc1ccc(-c2cnc(-c3ccc(O)c(F)c3)nc2)cc1. The van der Waals surface area contributed by atoms with Gasteiger partial charge in [-0.1, -0.05) is 64.0 Å². The van der Waals surface area contributed by atoms with Crippen molar-refractivity contribution in [2.24, 2.45) is 0 Å². The van der Waals surface area contributed by atoms with Crippen LogP contribution in [0.5, 0.6) is 11.5 Å². The first-order chi connectivity index (χ1) is 15.2. The first-order valence-electron chi connectivity index (χ1n) is 11.2. The van der Waals surface area contributed by atoms with Gasteiger partial charge >= 0.3 is 0 Å². The van der Waals surface area contributed by atoms with Gasteiger partial charge in [0, 0.05) is 23.5 Å². The van der Waals surface area contributed by atoms with E-state index in [4.69, 9.17) is 4.74 Å². The van der Waals surface area contributed by atoms with Crippen LogP contribution in [0, 0.1) is 5.82 Å². The van der Waals surface area contributed by atoms with E-state index in [-0.39, 0.29) is 5.75 Å². The number of hydrogen-bond acceptors (Lipinski definition) is 4. The molecular formula is C26H31FN2O2. The Labute approximate surface area is 184 Å². The maximum atomic E-state index is 13.5. The number of ether oxygens (including phenoxy) is 1. The van der Waals surface area contributed by atoms with E-state index < -0.39 is 5.82 Å². The molecule has 0 spiro atoms. The number of benzene rings is 2. The van der Waals surface area contributed by atoms with Crippen LogP contribution < -0.4 is 4.74 Å². The number of aromatic nitrogens is 2. The lowest BCUT2D eigenvalue weighted by Crippen LogP contribution is -1.97. The van der Waals surface area contributed by atoms with E-state index in [0.29, 0.717) is 11.4 Å². The van der Waals surface area contributed by atoms with Gasteiger partial charge in [-0.15, -0.1) is 0 Å². The molecule has 164 valence electrons. The van der Waals surface area contributed by atoms with Crippen molar-refractivity contribution < 1.29 is 14.2 Å². The van der Waals surface area contributed by atoms with Crippen molar-refractivity contribution in [1.29, 1.82) is 0 Å². The van der Waals surface area contributed by atoms with Crippen molar-refractivity contribution in [2.45, 2.75) is 58.3 Å². The normalized spacial score (nSPS) is 10.9. The van der Waals surface area contributed by atoms with E-state index in [0.717, 1.165) is 29.9 Å². The second-order valence-corrected chi connectivity index (χ2v) is 7.81. The molecule has 0 aliphatic heterocycles. The van der Waals surface area contributed by atoms with Crippen molar-refractivity contribution in [3.8, 4) is 34.0 Å². The highest BCUT2D eigenvalue weighted by Gasteiger charge is 2.07. The van der Waals surface area contributed by atoms with Gasteiger partial charge in [-0.25, -0.2) is 14.4 Å². The van der Waals surface area contributed by atoms with Gasteiger partial charge < -0.3 is 9.84 Å². The molecular weight excluding hydrogens is 391 g/mol. The first kappa shape index (κ1) is 22.7. The summed E-state index contributed by atoms with van der Waals surface area (Å²) >= 11 is 0. The maximum Gasteiger partial charge on any atom is 0.165 e. The van der Waals surface area contributed by atoms with Gasteiger partial charge in [-0.2, -0.15) is 0 Å². The van der Waals surface area contributed by atoms with Gasteiger partial charge in [0.05, 0.1) is 6.61 Å². The monoisotopic (exact) mass is 422 g/mol. The minimum Gasteiger partial charge on any atom is -0.505 e. The Morgan fingerprint density at radius 2 is 1.39 bits per heavy atom. The molecule has 0 fully saturated rings. The molecule has 2 aromatic carbocycles. The Hall–Kier alpha value is -2.95. The summed E-state index contributed by atoms with van der Waals surface area (Å²) in [5.41, 5.74) is 2.38. The highest BCUT2D eigenvalue weighted by Crippen LogP contribution is 2.25. The second kappa shape index (κ2) is 12.0. The third-order valence-corrected chi connectivity index (χ3v) is 5.31. The Kier molecular flexibility index (Phi) is 8.83. The molecule has 3 aromatic rings. The summed E-state index contributed by atoms with van der Waals surface area (Å²) in [5, 5.41) is 9.31. The highest BCUT2D eigenvalue weighted by molar-refractivity contribution is 5.64. The van der Waals surface area contributed by atoms with Crippen LogP contribution in [-0.2, 0) is 0 Å². The van der Waals surface area contributed by atoms with E-state index >= 15 is 0 Å². The number of phenols is 1. The van der Waals surface area contributed by atoms with Gasteiger partial charge in [0.25, 0.3) is 0 Å². The fraction of sp³-hybridized carbons (Fsp3) is 0.385. The number of nitrogens with zero attached hydrogens (tertiary/aromatic N) is 2. The van der Waals surface area contributed by atoms with Gasteiger partial charge in [-0.05, 0) is 42.3 Å². The lowest BCUT2D eigenvalue weighted by atomic mass is 10.1. The number of aromatic hydroxyl groups is 1. The zero-order valence-corrected chi connectivity index (χ0v) is 18.2. The smallest absolute Gasteiger partial charge is 0.165 e. The number of rotatable bonds is 12. The first-order valence-corrected chi connectivity index (χ1v) is 11.2. The average molecular weight is 423 g/mol. The van der Waals surface area contributed by atoms with E-state index in [9.17, 15) is 9.50 Å². The van der Waals surface area contributed by atoms with Crippen molar-refractivity contribution in [1.82, 2.24) is 9.97 Å². The van der Waals surface area contributed by atoms with Crippen molar-refractivity contribution in [3.63, 3.8) is 0 Å². The fourth-order valence-corrected chi connectivity index (χ4v) is 3.44. The molecule has 0 saturated heterocycles. The fourth-order valence-electron chi connectivity index (χ4n) is 3.44. The predicted molar refractivity (Wildman–Crippen MR) is 123 cm³/mol. The second-order valence-electron chi connectivity index (χ2n) is 7.81. The molecule has 0 radical (unpaired) electrons. The topological polar surface area (TPSA) is 55.2 Å². The van der Waals surface area contributed by atoms with Crippen LogP contribution in [0.25, 0.3) is 22.5 Å². The molecule has 1 aromatic heterocycles. The summed E-state index contributed by atoms with van der Waals surface area (Å²) in [6, 6.07) is 12.0. The number of phenolic OH excluding ortho intramolecular Hbond substituents is 1. The molecule has 0 amide bonds. The summed E-state index contributed by atoms with van der Waals surface area (Å²) in [6.45, 7) is 2.99. The van der Waals surface area contributed by atoms with Crippen molar-refractivity contribution in [3.05, 3.63) is 60.7 Å². The molecule has 0 aliphatic rings. The van der Waals surface area contributed by atoms with Crippen LogP contribution >= 0.6 is 0 Å². The standard InChI is InChI=1S/C26H31FN2O2/c1-2-3-4-5-6-7-8-9-16-31-23-13-10-20(11-14-23)22-18-28-26(29-19-22)21-12-15-25(30)24(27)17-21/h10-15,17-19,30H,2-9,16H2,1H3. The highest BCUT2D eigenvalue weighted by atomic mass is 19.1. The molecule has 3 rings (SSSR count). The van der Waals surface area contributed by atoms with Gasteiger partial charge in [-0.3, -0.25) is 0 Å². The summed E-state index contributed by atoms with van der Waals surface area (Å²) in [7, 11) is 0. The predicted octanol–water partition coefficient (Wildman–Crippen LogP) is 7.17. The van der Waals surface area contributed by atoms with Crippen LogP contribution in [0.15, 0.2) is 54.9 Å². The molecule has 0 unspecified atom stereocenters. The molecule has 1 heterocycles. The summed E-state index contributed by atoms with van der Waals surface area (Å²) in [5.74, 6) is 0.203. The van der Waals surface area contributed by atoms with Crippen molar-refractivity contribution in [2.75, 3.05) is 6.61 Å². The quantitative estimate of drug-likeness (QED) is 0.314. The van der Waals surface area contributed by atoms with Crippen LogP contribution in [0.1, 0.15) is 58.3 Å². The third-order valence-electron chi connectivity index (χ3n) is 5.31. The lowest BCUT2D eigenvalue weighted by Gasteiger charge is -2.08. The molecule has 0 aliphatic carbocycles.